The van der Waals surface area contributed by atoms with Crippen molar-refractivity contribution in [3.05, 3.63) is 0 Å². The number of ether oxygens (including phenoxy) is 2. The number of carbonyl (C=O) groups is 1. The van der Waals surface area contributed by atoms with Gasteiger partial charge in [-0.2, -0.15) is 0 Å². The number of esters is 1. The van der Waals surface area contributed by atoms with Crippen LogP contribution in [0, 0.1) is 0 Å². The summed E-state index contributed by atoms with van der Waals surface area (Å²) in [6.07, 6.45) is 2.21. The molecule has 0 bridgehead atoms. The lowest BCUT2D eigenvalue weighted by molar-refractivity contribution is -0.145. The summed E-state index contributed by atoms with van der Waals surface area (Å²) >= 11 is 0. The molecule has 0 aromatic heterocycles. The molecule has 15 heavy (non-hydrogen) atoms. The van der Waals surface area contributed by atoms with Crippen LogP contribution >= 0.6 is 0 Å². The highest BCUT2D eigenvalue weighted by Crippen LogP contribution is 2.12. The third-order valence-corrected chi connectivity index (χ3v) is 2.70. The molecule has 1 saturated heterocycles. The standard InChI is InChI=1S/C11H21NO3/c1-3-12(8-11(13)15-4-2)10-6-5-7-14-9-10/h10H,3-9H2,1-2H3. The van der Waals surface area contributed by atoms with Crippen molar-refractivity contribution < 1.29 is 14.3 Å². The zero-order chi connectivity index (χ0) is 11.1. The van der Waals surface area contributed by atoms with E-state index in [1.807, 2.05) is 6.92 Å². The van der Waals surface area contributed by atoms with E-state index in [2.05, 4.69) is 11.8 Å². The smallest absolute Gasteiger partial charge is 0.320 e. The summed E-state index contributed by atoms with van der Waals surface area (Å²) in [6.45, 7) is 7.20. The van der Waals surface area contributed by atoms with Crippen LogP contribution in [0.3, 0.4) is 0 Å². The summed E-state index contributed by atoms with van der Waals surface area (Å²) < 4.78 is 10.4. The lowest BCUT2D eigenvalue weighted by atomic mass is 10.1. The quantitative estimate of drug-likeness (QED) is 0.643. The van der Waals surface area contributed by atoms with Crippen LogP contribution in [-0.4, -0.2) is 49.8 Å². The Morgan fingerprint density at radius 1 is 1.53 bits per heavy atom. The van der Waals surface area contributed by atoms with Crippen molar-refractivity contribution in [2.75, 3.05) is 32.9 Å². The minimum Gasteiger partial charge on any atom is -0.465 e. The Hall–Kier alpha value is -0.610. The molecule has 0 amide bonds. The van der Waals surface area contributed by atoms with E-state index in [0.717, 1.165) is 32.6 Å². The Morgan fingerprint density at radius 2 is 2.33 bits per heavy atom. The topological polar surface area (TPSA) is 38.8 Å². The number of likely N-dealkylation sites (N-methyl/N-ethyl adjacent to an activating group) is 1. The Balaban J connectivity index is 2.36. The number of rotatable bonds is 5. The van der Waals surface area contributed by atoms with Gasteiger partial charge in [0.1, 0.15) is 0 Å². The van der Waals surface area contributed by atoms with Gasteiger partial charge >= 0.3 is 5.97 Å². The maximum absolute atomic E-state index is 11.4. The van der Waals surface area contributed by atoms with E-state index < -0.39 is 0 Å². The van der Waals surface area contributed by atoms with Gasteiger partial charge in [0.15, 0.2) is 0 Å². The van der Waals surface area contributed by atoms with Crippen molar-refractivity contribution in [1.29, 1.82) is 0 Å². The molecule has 1 rings (SSSR count). The molecule has 0 aliphatic carbocycles. The molecule has 0 N–H and O–H groups in total. The van der Waals surface area contributed by atoms with E-state index in [-0.39, 0.29) is 5.97 Å². The molecular formula is C11H21NO3. The zero-order valence-corrected chi connectivity index (χ0v) is 9.70. The first-order valence-electron chi connectivity index (χ1n) is 5.75. The van der Waals surface area contributed by atoms with Crippen LogP contribution in [0.15, 0.2) is 0 Å². The highest BCUT2D eigenvalue weighted by Gasteiger charge is 2.22. The fourth-order valence-corrected chi connectivity index (χ4v) is 1.88. The second-order valence-corrected chi connectivity index (χ2v) is 3.74. The molecular weight excluding hydrogens is 194 g/mol. The first-order chi connectivity index (χ1) is 7.27. The maximum Gasteiger partial charge on any atom is 0.320 e. The van der Waals surface area contributed by atoms with Gasteiger partial charge in [0.05, 0.1) is 19.8 Å². The zero-order valence-electron chi connectivity index (χ0n) is 9.70. The van der Waals surface area contributed by atoms with Gasteiger partial charge in [0.25, 0.3) is 0 Å². The molecule has 1 unspecified atom stereocenters. The van der Waals surface area contributed by atoms with E-state index in [0.29, 0.717) is 19.2 Å². The Labute approximate surface area is 91.5 Å². The molecule has 0 spiro atoms. The molecule has 0 aromatic rings. The molecule has 0 saturated carbocycles. The summed E-state index contributed by atoms with van der Waals surface area (Å²) in [5, 5.41) is 0. The van der Waals surface area contributed by atoms with E-state index in [1.54, 1.807) is 0 Å². The third-order valence-electron chi connectivity index (χ3n) is 2.70. The minimum atomic E-state index is -0.134. The van der Waals surface area contributed by atoms with Crippen molar-refractivity contribution in [2.24, 2.45) is 0 Å². The predicted molar refractivity (Wildman–Crippen MR) is 57.7 cm³/mol. The van der Waals surface area contributed by atoms with Gasteiger partial charge in [0, 0.05) is 12.6 Å². The molecule has 4 nitrogen and oxygen atoms in total. The monoisotopic (exact) mass is 215 g/mol. The minimum absolute atomic E-state index is 0.134. The third kappa shape index (κ3) is 4.18. The fourth-order valence-electron chi connectivity index (χ4n) is 1.88. The average Bonchev–Trinajstić information content (AvgIpc) is 2.27. The van der Waals surface area contributed by atoms with Crippen LogP contribution in [0.5, 0.6) is 0 Å². The lowest BCUT2D eigenvalue weighted by Gasteiger charge is -2.32. The summed E-state index contributed by atoms with van der Waals surface area (Å²) in [4.78, 5) is 13.5. The first kappa shape index (κ1) is 12.5. The van der Waals surface area contributed by atoms with Crippen LogP contribution in [0.25, 0.3) is 0 Å². The molecule has 1 aliphatic rings. The summed E-state index contributed by atoms with van der Waals surface area (Å²) in [5.41, 5.74) is 0. The van der Waals surface area contributed by atoms with E-state index >= 15 is 0 Å². The number of hydrogen-bond donors (Lipinski definition) is 0. The Morgan fingerprint density at radius 3 is 2.87 bits per heavy atom. The molecule has 1 fully saturated rings. The lowest BCUT2D eigenvalue weighted by Crippen LogP contribution is -2.44. The molecule has 1 aliphatic heterocycles. The Bertz CT molecular complexity index is 190. The molecule has 0 radical (unpaired) electrons. The van der Waals surface area contributed by atoms with Crippen LogP contribution in [0.1, 0.15) is 26.7 Å². The van der Waals surface area contributed by atoms with Gasteiger partial charge < -0.3 is 9.47 Å². The average molecular weight is 215 g/mol. The molecule has 1 heterocycles. The van der Waals surface area contributed by atoms with Crippen molar-refractivity contribution in [2.45, 2.75) is 32.7 Å². The first-order valence-corrected chi connectivity index (χ1v) is 5.75. The largest absolute Gasteiger partial charge is 0.465 e. The van der Waals surface area contributed by atoms with Gasteiger partial charge in [-0.05, 0) is 26.3 Å². The normalized spacial score (nSPS) is 21.7. The van der Waals surface area contributed by atoms with Gasteiger partial charge in [-0.15, -0.1) is 0 Å². The van der Waals surface area contributed by atoms with Crippen molar-refractivity contribution in [3.63, 3.8) is 0 Å². The molecule has 1 atom stereocenters. The van der Waals surface area contributed by atoms with E-state index in [9.17, 15) is 4.79 Å². The molecule has 4 heteroatoms. The summed E-state index contributed by atoms with van der Waals surface area (Å²) in [5.74, 6) is -0.134. The van der Waals surface area contributed by atoms with Crippen LogP contribution < -0.4 is 0 Å². The highest BCUT2D eigenvalue weighted by molar-refractivity contribution is 5.71. The number of nitrogens with zero attached hydrogens (tertiary/aromatic N) is 1. The van der Waals surface area contributed by atoms with Crippen LogP contribution in [0.2, 0.25) is 0 Å². The summed E-state index contributed by atoms with van der Waals surface area (Å²) in [6, 6.07) is 0.383. The SMILES string of the molecule is CCOC(=O)CN(CC)C1CCCOC1. The second kappa shape index (κ2) is 6.80. The second-order valence-electron chi connectivity index (χ2n) is 3.74. The number of hydrogen-bond acceptors (Lipinski definition) is 4. The summed E-state index contributed by atoms with van der Waals surface area (Å²) in [7, 11) is 0. The van der Waals surface area contributed by atoms with E-state index in [1.165, 1.54) is 0 Å². The van der Waals surface area contributed by atoms with Crippen molar-refractivity contribution in [1.82, 2.24) is 4.90 Å². The van der Waals surface area contributed by atoms with Crippen LogP contribution in [0.4, 0.5) is 0 Å². The molecule has 88 valence electrons. The Kier molecular flexibility index (Phi) is 5.65. The fraction of sp³-hybridized carbons (Fsp3) is 0.909. The van der Waals surface area contributed by atoms with Crippen molar-refractivity contribution in [3.8, 4) is 0 Å². The van der Waals surface area contributed by atoms with E-state index in [4.69, 9.17) is 9.47 Å². The highest BCUT2D eigenvalue weighted by atomic mass is 16.5. The van der Waals surface area contributed by atoms with Gasteiger partial charge in [0.2, 0.25) is 0 Å². The van der Waals surface area contributed by atoms with Gasteiger partial charge in [-0.1, -0.05) is 6.92 Å². The number of carbonyl (C=O) groups excluding carboxylic acids is 1. The van der Waals surface area contributed by atoms with Gasteiger partial charge in [-0.3, -0.25) is 9.69 Å². The molecule has 0 aromatic carbocycles. The predicted octanol–water partition coefficient (Wildman–Crippen LogP) is 1.05. The maximum atomic E-state index is 11.4. The van der Waals surface area contributed by atoms with Gasteiger partial charge in [-0.25, -0.2) is 0 Å². The van der Waals surface area contributed by atoms with Crippen molar-refractivity contribution >= 4 is 5.97 Å². The van der Waals surface area contributed by atoms with Crippen LogP contribution in [-0.2, 0) is 14.3 Å².